The molecule has 0 atom stereocenters. The SMILES string of the molecule is COc1cc(OC)c(C2CCNCC2)c(OC)c1. The van der Waals surface area contributed by atoms with E-state index in [4.69, 9.17) is 14.2 Å². The average Bonchev–Trinajstić information content (AvgIpc) is 2.46. The molecule has 0 unspecified atom stereocenters. The van der Waals surface area contributed by atoms with E-state index in [1.165, 1.54) is 5.56 Å². The minimum absolute atomic E-state index is 0.488. The molecule has 1 aromatic rings. The van der Waals surface area contributed by atoms with Crippen LogP contribution in [0.1, 0.15) is 24.3 Å². The Balaban J connectivity index is 2.41. The summed E-state index contributed by atoms with van der Waals surface area (Å²) in [4.78, 5) is 0. The number of ether oxygens (including phenoxy) is 3. The van der Waals surface area contributed by atoms with Crippen LogP contribution in [0.25, 0.3) is 0 Å². The van der Waals surface area contributed by atoms with E-state index < -0.39 is 0 Å². The molecular weight excluding hydrogens is 230 g/mol. The molecule has 0 bridgehead atoms. The Morgan fingerprint density at radius 3 is 1.94 bits per heavy atom. The lowest BCUT2D eigenvalue weighted by molar-refractivity contribution is 0.353. The lowest BCUT2D eigenvalue weighted by Crippen LogP contribution is -2.27. The van der Waals surface area contributed by atoms with Crippen LogP contribution in [-0.2, 0) is 0 Å². The van der Waals surface area contributed by atoms with Gasteiger partial charge in [-0.2, -0.15) is 0 Å². The molecule has 1 aromatic carbocycles. The van der Waals surface area contributed by atoms with Crippen LogP contribution in [0.4, 0.5) is 0 Å². The topological polar surface area (TPSA) is 39.7 Å². The van der Waals surface area contributed by atoms with E-state index in [0.29, 0.717) is 5.92 Å². The molecule has 0 amide bonds. The van der Waals surface area contributed by atoms with Gasteiger partial charge in [-0.3, -0.25) is 0 Å². The summed E-state index contributed by atoms with van der Waals surface area (Å²) in [6.07, 6.45) is 2.22. The summed E-state index contributed by atoms with van der Waals surface area (Å²) in [5, 5.41) is 3.38. The van der Waals surface area contributed by atoms with Gasteiger partial charge in [-0.25, -0.2) is 0 Å². The summed E-state index contributed by atoms with van der Waals surface area (Å²) >= 11 is 0. The second-order valence-corrected chi connectivity index (χ2v) is 4.47. The number of piperidine rings is 1. The summed E-state index contributed by atoms with van der Waals surface area (Å²) in [6, 6.07) is 3.86. The Bertz CT molecular complexity index is 375. The van der Waals surface area contributed by atoms with Crippen molar-refractivity contribution < 1.29 is 14.2 Å². The highest BCUT2D eigenvalue weighted by atomic mass is 16.5. The standard InChI is InChI=1S/C14H21NO3/c1-16-11-8-12(17-2)14(13(9-11)18-3)10-4-6-15-7-5-10/h8-10,15H,4-7H2,1-3H3. The molecule has 1 saturated heterocycles. The van der Waals surface area contributed by atoms with E-state index >= 15 is 0 Å². The fraction of sp³-hybridized carbons (Fsp3) is 0.571. The smallest absolute Gasteiger partial charge is 0.129 e. The summed E-state index contributed by atoms with van der Waals surface area (Å²) in [6.45, 7) is 2.09. The molecule has 1 fully saturated rings. The molecule has 0 aromatic heterocycles. The van der Waals surface area contributed by atoms with Crippen molar-refractivity contribution in [3.8, 4) is 17.2 Å². The molecule has 1 heterocycles. The molecule has 0 radical (unpaired) electrons. The average molecular weight is 251 g/mol. The summed E-state index contributed by atoms with van der Waals surface area (Å²) in [7, 11) is 5.04. The summed E-state index contributed by atoms with van der Waals surface area (Å²) in [5.41, 5.74) is 1.17. The molecule has 2 rings (SSSR count). The Morgan fingerprint density at radius 1 is 0.944 bits per heavy atom. The van der Waals surface area contributed by atoms with Gasteiger partial charge in [0.15, 0.2) is 0 Å². The van der Waals surface area contributed by atoms with Crippen LogP contribution in [0.5, 0.6) is 17.2 Å². The number of nitrogens with one attached hydrogen (secondary N) is 1. The van der Waals surface area contributed by atoms with Gasteiger partial charge in [-0.1, -0.05) is 0 Å². The first kappa shape index (κ1) is 13.0. The van der Waals surface area contributed by atoms with E-state index in [1.54, 1.807) is 21.3 Å². The third-order valence-electron chi connectivity index (χ3n) is 3.50. The van der Waals surface area contributed by atoms with Gasteiger partial charge in [-0.15, -0.1) is 0 Å². The Morgan fingerprint density at radius 2 is 1.50 bits per heavy atom. The predicted molar refractivity (Wildman–Crippen MR) is 70.9 cm³/mol. The molecule has 4 heteroatoms. The maximum Gasteiger partial charge on any atom is 0.129 e. The van der Waals surface area contributed by atoms with E-state index in [2.05, 4.69) is 5.32 Å². The second-order valence-electron chi connectivity index (χ2n) is 4.47. The third kappa shape index (κ3) is 2.53. The molecule has 1 aliphatic rings. The molecule has 18 heavy (non-hydrogen) atoms. The Hall–Kier alpha value is -1.42. The van der Waals surface area contributed by atoms with Gasteiger partial charge in [0.2, 0.25) is 0 Å². The predicted octanol–water partition coefficient (Wildman–Crippen LogP) is 2.18. The quantitative estimate of drug-likeness (QED) is 0.890. The summed E-state index contributed by atoms with van der Waals surface area (Å²) < 4.78 is 16.3. The zero-order chi connectivity index (χ0) is 13.0. The monoisotopic (exact) mass is 251 g/mol. The first-order valence-electron chi connectivity index (χ1n) is 6.30. The third-order valence-corrected chi connectivity index (χ3v) is 3.50. The van der Waals surface area contributed by atoms with Crippen molar-refractivity contribution in [3.05, 3.63) is 17.7 Å². The van der Waals surface area contributed by atoms with Crippen LogP contribution in [0.3, 0.4) is 0 Å². The minimum atomic E-state index is 0.488. The first-order valence-corrected chi connectivity index (χ1v) is 6.30. The molecule has 1 aliphatic heterocycles. The van der Waals surface area contributed by atoms with E-state index in [-0.39, 0.29) is 0 Å². The second kappa shape index (κ2) is 5.96. The van der Waals surface area contributed by atoms with Crippen molar-refractivity contribution >= 4 is 0 Å². The molecule has 1 N–H and O–H groups in total. The molecule has 0 spiro atoms. The zero-order valence-electron chi connectivity index (χ0n) is 11.3. The molecular formula is C14H21NO3. The molecule has 4 nitrogen and oxygen atoms in total. The Labute approximate surface area is 108 Å². The van der Waals surface area contributed by atoms with E-state index in [1.807, 2.05) is 12.1 Å². The van der Waals surface area contributed by atoms with Crippen LogP contribution in [0.15, 0.2) is 12.1 Å². The molecule has 100 valence electrons. The summed E-state index contributed by atoms with van der Waals surface area (Å²) in [5.74, 6) is 2.97. The number of methoxy groups -OCH3 is 3. The fourth-order valence-electron chi connectivity index (χ4n) is 2.55. The highest BCUT2D eigenvalue weighted by Crippen LogP contribution is 2.42. The number of hydrogen-bond donors (Lipinski definition) is 1. The normalized spacial score (nSPS) is 16.4. The van der Waals surface area contributed by atoms with Crippen LogP contribution in [-0.4, -0.2) is 34.4 Å². The minimum Gasteiger partial charge on any atom is -0.496 e. The van der Waals surface area contributed by atoms with Crippen LogP contribution in [0, 0.1) is 0 Å². The first-order chi connectivity index (χ1) is 8.80. The zero-order valence-corrected chi connectivity index (χ0v) is 11.3. The number of hydrogen-bond acceptors (Lipinski definition) is 4. The van der Waals surface area contributed by atoms with Gasteiger partial charge < -0.3 is 19.5 Å². The van der Waals surface area contributed by atoms with Gasteiger partial charge >= 0.3 is 0 Å². The van der Waals surface area contributed by atoms with Crippen molar-refractivity contribution in [2.24, 2.45) is 0 Å². The maximum absolute atomic E-state index is 5.50. The van der Waals surface area contributed by atoms with E-state index in [9.17, 15) is 0 Å². The Kier molecular flexibility index (Phi) is 4.31. The van der Waals surface area contributed by atoms with E-state index in [0.717, 1.165) is 43.2 Å². The van der Waals surface area contributed by atoms with Crippen LogP contribution < -0.4 is 19.5 Å². The van der Waals surface area contributed by atoms with Gasteiger partial charge in [0, 0.05) is 17.7 Å². The largest absolute Gasteiger partial charge is 0.496 e. The van der Waals surface area contributed by atoms with Crippen molar-refractivity contribution in [2.45, 2.75) is 18.8 Å². The van der Waals surface area contributed by atoms with Gasteiger partial charge in [-0.05, 0) is 31.8 Å². The lowest BCUT2D eigenvalue weighted by atomic mass is 9.88. The molecule has 0 aliphatic carbocycles. The number of benzene rings is 1. The highest BCUT2D eigenvalue weighted by Gasteiger charge is 2.23. The van der Waals surface area contributed by atoms with Crippen LogP contribution in [0.2, 0.25) is 0 Å². The van der Waals surface area contributed by atoms with Gasteiger partial charge in [0.25, 0.3) is 0 Å². The maximum atomic E-state index is 5.50. The van der Waals surface area contributed by atoms with Crippen molar-refractivity contribution in [3.63, 3.8) is 0 Å². The number of rotatable bonds is 4. The van der Waals surface area contributed by atoms with Crippen molar-refractivity contribution in [2.75, 3.05) is 34.4 Å². The lowest BCUT2D eigenvalue weighted by Gasteiger charge is -2.26. The molecule has 0 saturated carbocycles. The van der Waals surface area contributed by atoms with Gasteiger partial charge in [0.05, 0.1) is 21.3 Å². The van der Waals surface area contributed by atoms with Crippen molar-refractivity contribution in [1.29, 1.82) is 0 Å². The van der Waals surface area contributed by atoms with Gasteiger partial charge in [0.1, 0.15) is 17.2 Å². The van der Waals surface area contributed by atoms with Crippen LogP contribution >= 0.6 is 0 Å². The fourth-order valence-corrected chi connectivity index (χ4v) is 2.55. The highest BCUT2D eigenvalue weighted by molar-refractivity contribution is 5.52. The van der Waals surface area contributed by atoms with Crippen molar-refractivity contribution in [1.82, 2.24) is 5.32 Å².